The molecule has 0 radical (unpaired) electrons. The van der Waals surface area contributed by atoms with Crippen molar-refractivity contribution < 1.29 is 4.79 Å². The average Bonchev–Trinajstić information content (AvgIpc) is 2.45. The first-order chi connectivity index (χ1) is 9.26. The lowest BCUT2D eigenvalue weighted by Gasteiger charge is -2.27. The number of unbranched alkanes of at least 4 members (excludes halogenated alkanes) is 3. The normalized spacial score (nSPS) is 22.1. The van der Waals surface area contributed by atoms with Gasteiger partial charge in [0.05, 0.1) is 0 Å². The molecule has 0 unspecified atom stereocenters. The molecular weight excluding hydrogens is 272 g/mol. The fourth-order valence-corrected chi connectivity index (χ4v) is 2.97. The first kappa shape index (κ1) is 19.7. The minimum Gasteiger partial charge on any atom is -0.356 e. The average molecular weight is 305 g/mol. The summed E-state index contributed by atoms with van der Waals surface area (Å²) in [6.07, 6.45) is 11.7. The van der Waals surface area contributed by atoms with Crippen molar-refractivity contribution in [2.24, 2.45) is 17.6 Å². The van der Waals surface area contributed by atoms with Crippen molar-refractivity contribution in [1.29, 1.82) is 0 Å². The highest BCUT2D eigenvalue weighted by atomic mass is 35.5. The van der Waals surface area contributed by atoms with Crippen LogP contribution in [0.3, 0.4) is 0 Å². The van der Waals surface area contributed by atoms with Gasteiger partial charge in [0.2, 0.25) is 5.91 Å². The number of carbonyl (C=O) groups is 1. The van der Waals surface area contributed by atoms with Gasteiger partial charge in [-0.3, -0.25) is 4.79 Å². The van der Waals surface area contributed by atoms with Gasteiger partial charge in [0.15, 0.2) is 0 Å². The fourth-order valence-electron chi connectivity index (χ4n) is 2.97. The molecule has 1 amide bonds. The van der Waals surface area contributed by atoms with Crippen molar-refractivity contribution in [3.8, 4) is 0 Å². The highest BCUT2D eigenvalue weighted by Gasteiger charge is 2.20. The van der Waals surface area contributed by atoms with Crippen molar-refractivity contribution in [2.45, 2.75) is 71.1 Å². The Balaban J connectivity index is 0.00000361. The van der Waals surface area contributed by atoms with Crippen LogP contribution in [-0.2, 0) is 4.79 Å². The summed E-state index contributed by atoms with van der Waals surface area (Å²) in [5.74, 6) is 1.91. The molecule has 3 nitrogen and oxygen atoms in total. The molecular formula is C16H33ClN2O. The topological polar surface area (TPSA) is 55.1 Å². The van der Waals surface area contributed by atoms with Crippen LogP contribution in [0.5, 0.6) is 0 Å². The molecule has 0 aromatic rings. The van der Waals surface area contributed by atoms with Crippen molar-refractivity contribution in [2.75, 3.05) is 13.1 Å². The fraction of sp³-hybridized carbons (Fsp3) is 0.938. The smallest absolute Gasteiger partial charge is 0.220 e. The van der Waals surface area contributed by atoms with E-state index in [4.69, 9.17) is 5.73 Å². The van der Waals surface area contributed by atoms with E-state index in [0.717, 1.165) is 50.6 Å². The van der Waals surface area contributed by atoms with Crippen molar-refractivity contribution in [3.05, 3.63) is 0 Å². The third-order valence-corrected chi connectivity index (χ3v) is 4.49. The number of carbonyl (C=O) groups excluding carboxylic acids is 1. The zero-order valence-corrected chi connectivity index (χ0v) is 13.9. The number of hydrogen-bond donors (Lipinski definition) is 2. The summed E-state index contributed by atoms with van der Waals surface area (Å²) in [7, 11) is 0. The van der Waals surface area contributed by atoms with Gasteiger partial charge >= 0.3 is 0 Å². The molecule has 0 aromatic carbocycles. The van der Waals surface area contributed by atoms with Gasteiger partial charge in [0, 0.05) is 13.0 Å². The second kappa shape index (κ2) is 12.5. The second-order valence-electron chi connectivity index (χ2n) is 6.05. The van der Waals surface area contributed by atoms with E-state index >= 15 is 0 Å². The minimum atomic E-state index is 0. The van der Waals surface area contributed by atoms with Crippen molar-refractivity contribution >= 4 is 18.3 Å². The van der Waals surface area contributed by atoms with Gasteiger partial charge in [-0.2, -0.15) is 0 Å². The molecule has 0 bridgehead atoms. The summed E-state index contributed by atoms with van der Waals surface area (Å²) in [4.78, 5) is 11.7. The molecule has 1 aliphatic rings. The molecule has 0 saturated heterocycles. The van der Waals surface area contributed by atoms with Crippen LogP contribution in [0, 0.1) is 11.8 Å². The zero-order chi connectivity index (χ0) is 13.9. The summed E-state index contributed by atoms with van der Waals surface area (Å²) in [6.45, 7) is 3.96. The van der Waals surface area contributed by atoms with Crippen LogP contribution < -0.4 is 11.1 Å². The molecule has 4 heteroatoms. The van der Waals surface area contributed by atoms with Gasteiger partial charge in [-0.1, -0.05) is 39.0 Å². The Labute approximate surface area is 130 Å². The highest BCUT2D eigenvalue weighted by molar-refractivity contribution is 5.85. The van der Waals surface area contributed by atoms with Crippen LogP contribution in [0.2, 0.25) is 0 Å². The third-order valence-electron chi connectivity index (χ3n) is 4.49. The Kier molecular flexibility index (Phi) is 12.3. The predicted molar refractivity (Wildman–Crippen MR) is 88.1 cm³/mol. The lowest BCUT2D eigenvalue weighted by molar-refractivity contribution is -0.121. The van der Waals surface area contributed by atoms with E-state index in [1.165, 1.54) is 32.1 Å². The van der Waals surface area contributed by atoms with Crippen LogP contribution in [0.15, 0.2) is 0 Å². The predicted octanol–water partition coefficient (Wildman–Crippen LogP) is 3.65. The van der Waals surface area contributed by atoms with Gasteiger partial charge in [0.1, 0.15) is 0 Å². The maximum atomic E-state index is 11.7. The number of halogens is 1. The van der Waals surface area contributed by atoms with Crippen molar-refractivity contribution in [1.82, 2.24) is 5.32 Å². The second-order valence-corrected chi connectivity index (χ2v) is 6.05. The summed E-state index contributed by atoms with van der Waals surface area (Å²) >= 11 is 0. The molecule has 1 saturated carbocycles. The van der Waals surface area contributed by atoms with Gasteiger partial charge in [-0.25, -0.2) is 0 Å². The van der Waals surface area contributed by atoms with Crippen LogP contribution >= 0.6 is 12.4 Å². The molecule has 1 fully saturated rings. The van der Waals surface area contributed by atoms with Crippen LogP contribution in [0.1, 0.15) is 71.1 Å². The van der Waals surface area contributed by atoms with Gasteiger partial charge < -0.3 is 11.1 Å². The molecule has 1 rings (SSSR count). The molecule has 120 valence electrons. The molecule has 0 spiro atoms. The monoisotopic (exact) mass is 304 g/mol. The van der Waals surface area contributed by atoms with Gasteiger partial charge in [-0.15, -0.1) is 12.4 Å². The highest BCUT2D eigenvalue weighted by Crippen LogP contribution is 2.30. The number of nitrogens with one attached hydrogen (secondary N) is 1. The molecule has 0 atom stereocenters. The van der Waals surface area contributed by atoms with E-state index in [9.17, 15) is 4.79 Å². The standard InChI is InChI=1S/C16H32N2O.ClH/c1-2-14-8-10-15(11-9-14)13-18-16(19)7-5-3-4-6-12-17;/h14-15H,2-13,17H2,1H3,(H,18,19);1H. The maximum absolute atomic E-state index is 11.7. The minimum absolute atomic E-state index is 0. The van der Waals surface area contributed by atoms with E-state index < -0.39 is 0 Å². The number of hydrogen-bond acceptors (Lipinski definition) is 2. The van der Waals surface area contributed by atoms with Crippen molar-refractivity contribution in [3.63, 3.8) is 0 Å². The van der Waals surface area contributed by atoms with E-state index in [-0.39, 0.29) is 18.3 Å². The van der Waals surface area contributed by atoms with E-state index in [2.05, 4.69) is 12.2 Å². The maximum Gasteiger partial charge on any atom is 0.220 e. The lowest BCUT2D eigenvalue weighted by Crippen LogP contribution is -2.31. The molecule has 20 heavy (non-hydrogen) atoms. The summed E-state index contributed by atoms with van der Waals surface area (Å²) in [5.41, 5.74) is 5.44. The Hall–Kier alpha value is -0.280. The van der Waals surface area contributed by atoms with Gasteiger partial charge in [-0.05, 0) is 44.1 Å². The van der Waals surface area contributed by atoms with Crippen LogP contribution in [0.4, 0.5) is 0 Å². The Morgan fingerprint density at radius 2 is 1.65 bits per heavy atom. The quantitative estimate of drug-likeness (QED) is 0.639. The number of rotatable bonds is 9. The van der Waals surface area contributed by atoms with Crippen LogP contribution in [-0.4, -0.2) is 19.0 Å². The van der Waals surface area contributed by atoms with E-state index in [1.807, 2.05) is 0 Å². The van der Waals surface area contributed by atoms with E-state index in [0.29, 0.717) is 6.42 Å². The Morgan fingerprint density at radius 1 is 1.05 bits per heavy atom. The first-order valence-corrected chi connectivity index (χ1v) is 8.23. The summed E-state index contributed by atoms with van der Waals surface area (Å²) < 4.78 is 0. The third kappa shape index (κ3) is 8.80. The Bertz CT molecular complexity index is 241. The molecule has 0 heterocycles. The number of amides is 1. The molecule has 1 aliphatic carbocycles. The molecule has 3 N–H and O–H groups in total. The summed E-state index contributed by atoms with van der Waals surface area (Å²) in [6, 6.07) is 0. The summed E-state index contributed by atoms with van der Waals surface area (Å²) in [5, 5.41) is 3.11. The van der Waals surface area contributed by atoms with Gasteiger partial charge in [0.25, 0.3) is 0 Å². The lowest BCUT2D eigenvalue weighted by atomic mass is 9.81. The Morgan fingerprint density at radius 3 is 2.25 bits per heavy atom. The SMILES string of the molecule is CCC1CCC(CNC(=O)CCCCCCN)CC1.Cl. The number of nitrogens with two attached hydrogens (primary N) is 1. The molecule has 0 aromatic heterocycles. The zero-order valence-electron chi connectivity index (χ0n) is 13.0. The van der Waals surface area contributed by atoms with E-state index in [1.54, 1.807) is 0 Å². The first-order valence-electron chi connectivity index (χ1n) is 8.23. The molecule has 0 aliphatic heterocycles. The largest absolute Gasteiger partial charge is 0.356 e. The van der Waals surface area contributed by atoms with Crippen LogP contribution in [0.25, 0.3) is 0 Å².